The third-order valence-electron chi connectivity index (χ3n) is 2.01. The maximum Gasteiger partial charge on any atom is 0.321 e. The van der Waals surface area contributed by atoms with Crippen molar-refractivity contribution in [2.75, 3.05) is 4.72 Å². The van der Waals surface area contributed by atoms with Crippen LogP contribution in [0.3, 0.4) is 0 Å². The summed E-state index contributed by atoms with van der Waals surface area (Å²) in [5.74, 6) is 1.13. The molecule has 0 amide bonds. The van der Waals surface area contributed by atoms with Crippen LogP contribution in [0.2, 0.25) is 0 Å². The molecule has 0 aliphatic carbocycles. The van der Waals surface area contributed by atoms with Crippen LogP contribution in [0, 0.1) is 12.3 Å². The van der Waals surface area contributed by atoms with Crippen LogP contribution >= 0.6 is 0 Å². The van der Waals surface area contributed by atoms with Crippen LogP contribution < -0.4 is 9.44 Å². The number of anilines is 1. The number of terminal acetylenes is 1. The molecule has 0 fully saturated rings. The minimum Gasteiger partial charge on any atom is -0.480 e. The molecular formula is C11H12N2O4S. The van der Waals surface area contributed by atoms with E-state index in [0.717, 1.165) is 0 Å². The van der Waals surface area contributed by atoms with Crippen LogP contribution in [0.5, 0.6) is 0 Å². The molecule has 0 aliphatic heterocycles. The lowest BCUT2D eigenvalue weighted by Gasteiger charge is -2.11. The molecule has 18 heavy (non-hydrogen) atoms. The number of aliphatic carboxylic acids is 1. The molecule has 0 radical (unpaired) electrons. The third kappa shape index (κ3) is 4.08. The summed E-state index contributed by atoms with van der Waals surface area (Å²) in [7, 11) is -3.93. The number of carbonyl (C=O) groups is 1. The van der Waals surface area contributed by atoms with Crippen molar-refractivity contribution in [1.82, 2.24) is 4.72 Å². The van der Waals surface area contributed by atoms with E-state index in [1.165, 1.54) is 19.1 Å². The quantitative estimate of drug-likeness (QED) is 0.673. The number of benzene rings is 1. The molecule has 1 rings (SSSR count). The van der Waals surface area contributed by atoms with E-state index in [0.29, 0.717) is 11.3 Å². The molecule has 0 saturated heterocycles. The second kappa shape index (κ2) is 5.53. The number of carboxylic acids is 1. The molecule has 6 nitrogen and oxygen atoms in total. The minimum absolute atomic E-state index is 0.291. The summed E-state index contributed by atoms with van der Waals surface area (Å²) in [6.45, 7) is 1.23. The largest absolute Gasteiger partial charge is 0.480 e. The van der Waals surface area contributed by atoms with E-state index >= 15 is 0 Å². The topological polar surface area (TPSA) is 95.5 Å². The fourth-order valence-corrected chi connectivity index (χ4v) is 2.17. The summed E-state index contributed by atoms with van der Waals surface area (Å²) >= 11 is 0. The highest BCUT2D eigenvalue weighted by molar-refractivity contribution is 7.90. The van der Waals surface area contributed by atoms with Gasteiger partial charge in [-0.25, -0.2) is 0 Å². The first-order valence-corrected chi connectivity index (χ1v) is 6.42. The zero-order valence-electron chi connectivity index (χ0n) is 9.54. The number of nitrogens with one attached hydrogen (secondary N) is 2. The molecule has 7 heteroatoms. The maximum atomic E-state index is 11.5. The van der Waals surface area contributed by atoms with Gasteiger partial charge in [0.2, 0.25) is 0 Å². The minimum atomic E-state index is -3.93. The van der Waals surface area contributed by atoms with E-state index in [4.69, 9.17) is 11.5 Å². The highest BCUT2D eigenvalue weighted by Gasteiger charge is 2.19. The Bertz CT molecular complexity index is 572. The molecule has 0 aliphatic rings. The number of hydrogen-bond donors (Lipinski definition) is 3. The molecule has 0 unspecified atom stereocenters. The summed E-state index contributed by atoms with van der Waals surface area (Å²) in [5.41, 5.74) is 0.906. The van der Waals surface area contributed by atoms with Crippen LogP contribution in [0.4, 0.5) is 5.69 Å². The third-order valence-corrected chi connectivity index (χ3v) is 3.17. The molecule has 96 valence electrons. The summed E-state index contributed by atoms with van der Waals surface area (Å²) in [6.07, 6.45) is 5.16. The van der Waals surface area contributed by atoms with Gasteiger partial charge in [-0.1, -0.05) is 5.92 Å². The van der Waals surface area contributed by atoms with Crippen LogP contribution in [-0.4, -0.2) is 25.5 Å². The van der Waals surface area contributed by atoms with Crippen molar-refractivity contribution in [3.8, 4) is 12.3 Å². The van der Waals surface area contributed by atoms with Crippen LogP contribution in [-0.2, 0) is 15.0 Å². The highest BCUT2D eigenvalue weighted by Crippen LogP contribution is 2.10. The zero-order chi connectivity index (χ0) is 13.8. The lowest BCUT2D eigenvalue weighted by molar-refractivity contribution is -0.138. The summed E-state index contributed by atoms with van der Waals surface area (Å²) in [4.78, 5) is 10.5. The van der Waals surface area contributed by atoms with Crippen molar-refractivity contribution in [2.24, 2.45) is 0 Å². The van der Waals surface area contributed by atoms with Gasteiger partial charge in [-0.2, -0.15) is 13.1 Å². The van der Waals surface area contributed by atoms with Gasteiger partial charge < -0.3 is 5.11 Å². The molecule has 0 saturated carbocycles. The molecular weight excluding hydrogens is 256 g/mol. The van der Waals surface area contributed by atoms with Crippen molar-refractivity contribution >= 4 is 21.9 Å². The normalized spacial score (nSPS) is 12.4. The number of carboxylic acid groups (broad SMARTS) is 1. The first kappa shape index (κ1) is 14.0. The first-order valence-electron chi connectivity index (χ1n) is 4.93. The van der Waals surface area contributed by atoms with Gasteiger partial charge in [-0.3, -0.25) is 9.52 Å². The summed E-state index contributed by atoms with van der Waals surface area (Å²) in [5, 5.41) is 8.60. The Morgan fingerprint density at radius 3 is 2.39 bits per heavy atom. The Morgan fingerprint density at radius 2 is 1.94 bits per heavy atom. The van der Waals surface area contributed by atoms with E-state index in [9.17, 15) is 13.2 Å². The lowest BCUT2D eigenvalue weighted by atomic mass is 10.2. The monoisotopic (exact) mass is 268 g/mol. The van der Waals surface area contributed by atoms with Crippen LogP contribution in [0.15, 0.2) is 24.3 Å². The van der Waals surface area contributed by atoms with Gasteiger partial charge in [0.25, 0.3) is 10.2 Å². The molecule has 1 aromatic carbocycles. The van der Waals surface area contributed by atoms with Gasteiger partial charge in [-0.15, -0.1) is 6.42 Å². The highest BCUT2D eigenvalue weighted by atomic mass is 32.2. The number of rotatable bonds is 5. The van der Waals surface area contributed by atoms with Crippen molar-refractivity contribution in [3.63, 3.8) is 0 Å². The SMILES string of the molecule is C#Cc1ccc(NS(=O)(=O)N[C@@H](C)C(=O)O)cc1. The van der Waals surface area contributed by atoms with E-state index in [-0.39, 0.29) is 0 Å². The first-order chi connectivity index (χ1) is 8.34. The van der Waals surface area contributed by atoms with Crippen molar-refractivity contribution in [2.45, 2.75) is 13.0 Å². The fourth-order valence-electron chi connectivity index (χ4n) is 1.10. The van der Waals surface area contributed by atoms with E-state index in [2.05, 4.69) is 10.6 Å². The van der Waals surface area contributed by atoms with E-state index < -0.39 is 22.2 Å². The average Bonchev–Trinajstić information content (AvgIpc) is 2.28. The zero-order valence-corrected chi connectivity index (χ0v) is 10.4. The lowest BCUT2D eigenvalue weighted by Crippen LogP contribution is -2.41. The molecule has 1 atom stereocenters. The average molecular weight is 268 g/mol. The van der Waals surface area contributed by atoms with Gasteiger partial charge in [0, 0.05) is 11.3 Å². The van der Waals surface area contributed by atoms with Crippen LogP contribution in [0.1, 0.15) is 12.5 Å². The molecule has 0 heterocycles. The Kier molecular flexibility index (Phi) is 4.31. The Hall–Kier alpha value is -2.04. The molecule has 0 spiro atoms. The van der Waals surface area contributed by atoms with E-state index in [1.807, 2.05) is 4.72 Å². The van der Waals surface area contributed by atoms with Gasteiger partial charge in [0.05, 0.1) is 0 Å². The second-order valence-electron chi connectivity index (χ2n) is 3.50. The summed E-state index contributed by atoms with van der Waals surface area (Å²) < 4.78 is 27.2. The van der Waals surface area contributed by atoms with Crippen molar-refractivity contribution in [3.05, 3.63) is 29.8 Å². The smallest absolute Gasteiger partial charge is 0.321 e. The Balaban J connectivity index is 2.76. The van der Waals surface area contributed by atoms with Crippen LogP contribution in [0.25, 0.3) is 0 Å². The van der Waals surface area contributed by atoms with Gasteiger partial charge in [-0.05, 0) is 31.2 Å². The van der Waals surface area contributed by atoms with Gasteiger partial charge in [0.15, 0.2) is 0 Å². The molecule has 0 bridgehead atoms. The maximum absolute atomic E-state index is 11.5. The molecule has 3 N–H and O–H groups in total. The second-order valence-corrected chi connectivity index (χ2v) is 4.95. The van der Waals surface area contributed by atoms with Gasteiger partial charge >= 0.3 is 5.97 Å². The Labute approximate surface area is 105 Å². The molecule has 0 aromatic heterocycles. The fraction of sp³-hybridized carbons (Fsp3) is 0.182. The van der Waals surface area contributed by atoms with E-state index in [1.54, 1.807) is 12.1 Å². The van der Waals surface area contributed by atoms with Gasteiger partial charge in [0.1, 0.15) is 6.04 Å². The summed E-state index contributed by atoms with van der Waals surface area (Å²) in [6, 6.07) is 4.89. The Morgan fingerprint density at radius 1 is 1.39 bits per heavy atom. The van der Waals surface area contributed by atoms with Crippen molar-refractivity contribution < 1.29 is 18.3 Å². The van der Waals surface area contributed by atoms with Crippen molar-refractivity contribution in [1.29, 1.82) is 0 Å². The predicted octanol–water partition coefficient (Wildman–Crippen LogP) is 0.387. The molecule has 1 aromatic rings. The number of hydrogen-bond acceptors (Lipinski definition) is 3. The standard InChI is InChI=1S/C11H12N2O4S/c1-3-9-4-6-10(7-5-9)13-18(16,17)12-8(2)11(14)15/h1,4-8,12-13H,2H3,(H,14,15)/t8-/m0/s1. The predicted molar refractivity (Wildman–Crippen MR) is 67.2 cm³/mol.